The van der Waals surface area contributed by atoms with Gasteiger partial charge in [-0.25, -0.2) is 9.13 Å². The molecule has 0 spiro atoms. The highest BCUT2D eigenvalue weighted by Gasteiger charge is 2.47. The lowest BCUT2D eigenvalue weighted by Crippen LogP contribution is -2.52. The van der Waals surface area contributed by atoms with Crippen molar-refractivity contribution >= 4 is 0 Å². The van der Waals surface area contributed by atoms with E-state index in [1.54, 1.807) is 0 Å². The standard InChI is InChI=1S/C19H27N2/c1-10-11(2)13(4)17-16(12(10)3)18-14(5)20(9)15(6)21(18)19(17,7)8/h1-9H3/q+1. The number of benzene rings is 1. The van der Waals surface area contributed by atoms with Gasteiger partial charge in [0.2, 0.25) is 0 Å². The van der Waals surface area contributed by atoms with Crippen molar-refractivity contribution in [2.75, 3.05) is 0 Å². The molecule has 1 aliphatic heterocycles. The van der Waals surface area contributed by atoms with E-state index >= 15 is 0 Å². The Hall–Kier alpha value is -1.57. The van der Waals surface area contributed by atoms with Crippen molar-refractivity contribution in [3.05, 3.63) is 39.3 Å². The molecule has 0 saturated carbocycles. The lowest BCUT2D eigenvalue weighted by Gasteiger charge is -2.23. The van der Waals surface area contributed by atoms with Crippen molar-refractivity contribution in [1.29, 1.82) is 0 Å². The first-order valence-corrected chi connectivity index (χ1v) is 7.82. The molecule has 2 nitrogen and oxygen atoms in total. The van der Waals surface area contributed by atoms with Crippen LogP contribution in [0.25, 0.3) is 11.3 Å². The van der Waals surface area contributed by atoms with Gasteiger partial charge >= 0.3 is 0 Å². The van der Waals surface area contributed by atoms with Gasteiger partial charge in [0.1, 0.15) is 11.2 Å². The normalized spacial score (nSPS) is 15.3. The predicted molar refractivity (Wildman–Crippen MR) is 87.9 cm³/mol. The van der Waals surface area contributed by atoms with Crippen molar-refractivity contribution in [3.63, 3.8) is 0 Å². The number of imidazole rings is 1. The highest BCUT2D eigenvalue weighted by Crippen LogP contribution is 2.45. The van der Waals surface area contributed by atoms with Gasteiger partial charge in [-0.3, -0.25) is 0 Å². The number of fused-ring (bicyclic) bond motifs is 3. The van der Waals surface area contributed by atoms with Crippen molar-refractivity contribution in [3.8, 4) is 11.3 Å². The van der Waals surface area contributed by atoms with E-state index in [1.165, 1.54) is 50.6 Å². The van der Waals surface area contributed by atoms with Crippen LogP contribution in [0, 0.1) is 41.5 Å². The summed E-state index contributed by atoms with van der Waals surface area (Å²) in [5, 5.41) is 0. The molecule has 1 aromatic heterocycles. The second-order valence-corrected chi connectivity index (χ2v) is 7.18. The summed E-state index contributed by atoms with van der Waals surface area (Å²) in [7, 11) is 2.18. The monoisotopic (exact) mass is 283 g/mol. The molecule has 21 heavy (non-hydrogen) atoms. The maximum atomic E-state index is 2.53. The molecule has 112 valence electrons. The zero-order valence-electron chi connectivity index (χ0n) is 14.9. The van der Waals surface area contributed by atoms with Crippen LogP contribution in [0.5, 0.6) is 0 Å². The molecule has 0 saturated heterocycles. The average Bonchev–Trinajstić information content (AvgIpc) is 2.80. The zero-order valence-corrected chi connectivity index (χ0v) is 14.9. The minimum atomic E-state index is 0.0219. The van der Waals surface area contributed by atoms with E-state index < -0.39 is 0 Å². The molecule has 2 aromatic rings. The minimum Gasteiger partial charge on any atom is -0.234 e. The first-order valence-electron chi connectivity index (χ1n) is 7.82. The summed E-state index contributed by atoms with van der Waals surface area (Å²) in [4.78, 5) is 0. The van der Waals surface area contributed by atoms with Gasteiger partial charge < -0.3 is 0 Å². The molecular formula is C19H27N2+. The van der Waals surface area contributed by atoms with Crippen LogP contribution >= 0.6 is 0 Å². The van der Waals surface area contributed by atoms with Crippen LogP contribution in [0.1, 0.15) is 53.2 Å². The smallest absolute Gasteiger partial charge is 0.234 e. The van der Waals surface area contributed by atoms with Crippen LogP contribution in [0.15, 0.2) is 0 Å². The molecular weight excluding hydrogens is 256 g/mol. The molecule has 0 unspecified atom stereocenters. The summed E-state index contributed by atoms with van der Waals surface area (Å²) in [6.45, 7) is 18.3. The molecule has 3 rings (SSSR count). The van der Waals surface area contributed by atoms with Gasteiger partial charge in [-0.1, -0.05) is 0 Å². The molecule has 0 N–H and O–H groups in total. The highest BCUT2D eigenvalue weighted by atomic mass is 15.2. The molecule has 0 bridgehead atoms. The number of rotatable bonds is 0. The average molecular weight is 283 g/mol. The number of aromatic nitrogens is 2. The van der Waals surface area contributed by atoms with Gasteiger partial charge in [0.25, 0.3) is 5.82 Å². The molecule has 0 aliphatic carbocycles. The summed E-state index contributed by atoms with van der Waals surface area (Å²) in [6.07, 6.45) is 0. The molecule has 0 radical (unpaired) electrons. The Labute approximate surface area is 128 Å². The van der Waals surface area contributed by atoms with Crippen molar-refractivity contribution < 1.29 is 4.57 Å². The van der Waals surface area contributed by atoms with Crippen LogP contribution in [-0.4, -0.2) is 4.57 Å². The third kappa shape index (κ3) is 1.46. The third-order valence-electron chi connectivity index (χ3n) is 5.97. The van der Waals surface area contributed by atoms with Gasteiger partial charge in [0.15, 0.2) is 5.69 Å². The summed E-state index contributed by atoms with van der Waals surface area (Å²) >= 11 is 0. The van der Waals surface area contributed by atoms with Gasteiger partial charge in [0, 0.05) is 25.0 Å². The van der Waals surface area contributed by atoms with Crippen LogP contribution in [-0.2, 0) is 12.6 Å². The Balaban J connectivity index is 2.59. The van der Waals surface area contributed by atoms with E-state index in [4.69, 9.17) is 0 Å². The first-order chi connectivity index (χ1) is 9.62. The molecule has 0 atom stereocenters. The second-order valence-electron chi connectivity index (χ2n) is 7.18. The summed E-state index contributed by atoms with van der Waals surface area (Å²) < 4.78 is 4.86. The fourth-order valence-electron chi connectivity index (χ4n) is 4.34. The molecule has 2 heterocycles. The number of hydrogen-bond donors (Lipinski definition) is 0. The Kier molecular flexibility index (Phi) is 2.73. The van der Waals surface area contributed by atoms with Gasteiger partial charge in [-0.05, 0) is 63.8 Å². The Morgan fingerprint density at radius 3 is 1.90 bits per heavy atom. The van der Waals surface area contributed by atoms with Crippen LogP contribution in [0.2, 0.25) is 0 Å². The van der Waals surface area contributed by atoms with Crippen molar-refractivity contribution in [2.24, 2.45) is 7.05 Å². The van der Waals surface area contributed by atoms with E-state index in [1.807, 2.05) is 0 Å². The maximum Gasteiger partial charge on any atom is 0.254 e. The van der Waals surface area contributed by atoms with Gasteiger partial charge in [-0.2, -0.15) is 0 Å². The number of nitrogens with zero attached hydrogens (tertiary/aromatic N) is 2. The predicted octanol–water partition coefficient (Wildman–Crippen LogP) is 3.93. The van der Waals surface area contributed by atoms with E-state index in [2.05, 4.69) is 71.6 Å². The summed E-state index contributed by atoms with van der Waals surface area (Å²) in [5.41, 5.74) is 11.6. The second kappa shape index (κ2) is 4.00. The quantitative estimate of drug-likeness (QED) is 0.648. The first kappa shape index (κ1) is 14.4. The Morgan fingerprint density at radius 1 is 0.810 bits per heavy atom. The van der Waals surface area contributed by atoms with E-state index in [-0.39, 0.29) is 5.54 Å². The lowest BCUT2D eigenvalue weighted by molar-refractivity contribution is -0.737. The lowest BCUT2D eigenvalue weighted by atomic mass is 9.82. The topological polar surface area (TPSA) is 8.81 Å². The van der Waals surface area contributed by atoms with Crippen LogP contribution in [0.3, 0.4) is 0 Å². The SMILES string of the molecule is Cc1c(C)c(C)c2c(c1C)-c1c(C)n(C)c(C)[n+]1C2(C)C. The van der Waals surface area contributed by atoms with Crippen LogP contribution < -0.4 is 4.57 Å². The molecule has 1 aromatic carbocycles. The Morgan fingerprint density at radius 2 is 1.33 bits per heavy atom. The largest absolute Gasteiger partial charge is 0.254 e. The van der Waals surface area contributed by atoms with Crippen molar-refractivity contribution in [1.82, 2.24) is 4.57 Å². The third-order valence-corrected chi connectivity index (χ3v) is 5.97. The van der Waals surface area contributed by atoms with Gasteiger partial charge in [-0.15, -0.1) is 0 Å². The molecule has 0 amide bonds. The van der Waals surface area contributed by atoms with E-state index in [9.17, 15) is 0 Å². The van der Waals surface area contributed by atoms with E-state index in [0.717, 1.165) is 0 Å². The molecule has 2 heteroatoms. The molecule has 1 aliphatic rings. The fraction of sp³-hybridized carbons (Fsp3) is 0.526. The van der Waals surface area contributed by atoms with Crippen molar-refractivity contribution in [2.45, 2.75) is 60.9 Å². The van der Waals surface area contributed by atoms with E-state index in [0.29, 0.717) is 0 Å². The minimum absolute atomic E-state index is 0.0219. The summed E-state index contributed by atoms with van der Waals surface area (Å²) in [6, 6.07) is 0. The number of hydrogen-bond acceptors (Lipinski definition) is 0. The highest BCUT2D eigenvalue weighted by molar-refractivity contribution is 5.75. The Bertz CT molecular complexity index is 789. The maximum absolute atomic E-state index is 2.53. The fourth-order valence-corrected chi connectivity index (χ4v) is 4.34. The zero-order chi connectivity index (χ0) is 15.9. The summed E-state index contributed by atoms with van der Waals surface area (Å²) in [5.74, 6) is 1.33. The van der Waals surface area contributed by atoms with Crippen LogP contribution in [0.4, 0.5) is 0 Å². The molecule has 0 fully saturated rings. The van der Waals surface area contributed by atoms with Gasteiger partial charge in [0.05, 0.1) is 7.05 Å².